The number of aromatic amines is 1. The fourth-order valence-corrected chi connectivity index (χ4v) is 5.90. The Kier molecular flexibility index (Phi) is 9.95. The molecule has 238 valence electrons. The summed E-state index contributed by atoms with van der Waals surface area (Å²) in [5, 5.41) is 14.3. The van der Waals surface area contributed by atoms with E-state index in [0.717, 1.165) is 72.0 Å². The van der Waals surface area contributed by atoms with Crippen LogP contribution >= 0.6 is 0 Å². The molecule has 0 spiro atoms. The molecular weight excluding hydrogens is 572 g/mol. The smallest absolute Gasteiger partial charge is 0.314 e. The number of esters is 2. The van der Waals surface area contributed by atoms with Gasteiger partial charge in [-0.2, -0.15) is 0 Å². The Morgan fingerprint density at radius 3 is 2.47 bits per heavy atom. The number of aromatic nitrogens is 6. The first kappa shape index (κ1) is 31.9. The quantitative estimate of drug-likeness (QED) is 0.123. The zero-order valence-corrected chi connectivity index (χ0v) is 26.5. The number of tetrazole rings is 1. The van der Waals surface area contributed by atoms with Crippen molar-refractivity contribution in [2.24, 2.45) is 5.41 Å². The summed E-state index contributed by atoms with van der Waals surface area (Å²) in [4.78, 5) is 38.7. The number of benzene rings is 2. The maximum absolute atomic E-state index is 13.9. The van der Waals surface area contributed by atoms with Gasteiger partial charge in [-0.25, -0.2) is 9.78 Å². The third kappa shape index (κ3) is 7.41. The van der Waals surface area contributed by atoms with Gasteiger partial charge >= 0.3 is 11.9 Å². The molecule has 45 heavy (non-hydrogen) atoms. The third-order valence-electron chi connectivity index (χ3n) is 8.25. The van der Waals surface area contributed by atoms with Crippen LogP contribution in [0, 0.1) is 5.41 Å². The van der Waals surface area contributed by atoms with Crippen LogP contribution in [0.2, 0.25) is 0 Å². The van der Waals surface area contributed by atoms with Crippen LogP contribution < -0.4 is 5.56 Å². The Balaban J connectivity index is 1.37. The predicted octanol–water partition coefficient (Wildman–Crippen LogP) is 5.64. The first-order valence-corrected chi connectivity index (χ1v) is 15.8. The van der Waals surface area contributed by atoms with Gasteiger partial charge in [-0.3, -0.25) is 19.1 Å². The minimum Gasteiger partial charge on any atom is -0.428 e. The molecule has 3 heterocycles. The van der Waals surface area contributed by atoms with Crippen LogP contribution in [0.15, 0.2) is 53.3 Å². The Labute approximate surface area is 262 Å². The largest absolute Gasteiger partial charge is 0.428 e. The first-order valence-electron chi connectivity index (χ1n) is 15.8. The summed E-state index contributed by atoms with van der Waals surface area (Å²) in [5.41, 5.74) is 5.07. The number of unbranched alkanes of at least 4 members (excludes halogenated alkanes) is 2. The minimum absolute atomic E-state index is 0.00548. The normalized spacial score (nSPS) is 14.6. The van der Waals surface area contributed by atoms with Crippen LogP contribution in [-0.2, 0) is 38.4 Å². The Morgan fingerprint density at radius 1 is 1.02 bits per heavy atom. The highest BCUT2D eigenvalue weighted by Crippen LogP contribution is 2.31. The average Bonchev–Trinajstić information content (AvgIpc) is 3.65. The highest BCUT2D eigenvalue weighted by atomic mass is 16.7. The summed E-state index contributed by atoms with van der Waals surface area (Å²) < 4.78 is 14.3. The van der Waals surface area contributed by atoms with Crippen molar-refractivity contribution in [1.82, 2.24) is 30.0 Å². The van der Waals surface area contributed by atoms with E-state index in [9.17, 15) is 14.4 Å². The highest BCUT2D eigenvalue weighted by molar-refractivity contribution is 5.80. The summed E-state index contributed by atoms with van der Waals surface area (Å²) in [6.45, 7) is 7.59. The van der Waals surface area contributed by atoms with Gasteiger partial charge in [0.1, 0.15) is 0 Å². The fourth-order valence-electron chi connectivity index (χ4n) is 5.90. The van der Waals surface area contributed by atoms with Gasteiger partial charge in [0.25, 0.3) is 5.56 Å². The predicted molar refractivity (Wildman–Crippen MR) is 169 cm³/mol. The summed E-state index contributed by atoms with van der Waals surface area (Å²) in [7, 11) is 0. The molecule has 1 aliphatic rings. The van der Waals surface area contributed by atoms with Crippen LogP contribution in [0.25, 0.3) is 22.5 Å². The summed E-state index contributed by atoms with van der Waals surface area (Å²) in [5.74, 6) is -0.281. The number of hydrogen-bond donors (Lipinski definition) is 1. The fraction of sp³-hybridized carbons (Fsp3) is 0.471. The van der Waals surface area contributed by atoms with E-state index in [-0.39, 0.29) is 18.0 Å². The van der Waals surface area contributed by atoms with Gasteiger partial charge in [0.2, 0.25) is 6.79 Å². The second kappa shape index (κ2) is 14.0. The van der Waals surface area contributed by atoms with E-state index in [1.54, 1.807) is 20.8 Å². The van der Waals surface area contributed by atoms with Crippen LogP contribution in [-0.4, -0.2) is 48.7 Å². The van der Waals surface area contributed by atoms with Crippen molar-refractivity contribution in [3.63, 3.8) is 0 Å². The maximum Gasteiger partial charge on any atom is 0.314 e. The van der Waals surface area contributed by atoms with Crippen molar-refractivity contribution < 1.29 is 19.1 Å². The topological polar surface area (TPSA) is 134 Å². The third-order valence-corrected chi connectivity index (χ3v) is 8.25. The molecule has 2 aromatic carbocycles. The Bertz CT molecular complexity index is 1660. The lowest BCUT2D eigenvalue weighted by Crippen LogP contribution is -2.33. The molecule has 1 aliphatic heterocycles. The van der Waals surface area contributed by atoms with Crippen molar-refractivity contribution in [3.05, 3.63) is 75.7 Å². The van der Waals surface area contributed by atoms with E-state index in [0.29, 0.717) is 18.8 Å². The molecule has 0 fully saturated rings. The van der Waals surface area contributed by atoms with Gasteiger partial charge in [-0.1, -0.05) is 68.3 Å². The number of hydrogen-bond acceptors (Lipinski definition) is 8. The van der Waals surface area contributed by atoms with E-state index in [1.165, 1.54) is 0 Å². The molecule has 4 aromatic rings. The highest BCUT2D eigenvalue weighted by Gasteiger charge is 2.30. The molecule has 11 nitrogen and oxygen atoms in total. The standard InChI is InChI=1S/C34H42N6O5/c1-5-6-7-14-29-28(20-23-15-17-24(18-16-23)26-12-8-9-13-27(26)31-35-37-38-36-31)32(42)39-19-10-11-25(40(29)39)21-30(41)44-22-45-33(43)34(2,3)4/h8-9,12-13,15-18,25H,5-7,10-11,14,19-22H2,1-4H3,(H,35,36,37,38). The van der Waals surface area contributed by atoms with E-state index >= 15 is 0 Å². The zero-order chi connectivity index (χ0) is 32.0. The maximum atomic E-state index is 13.9. The number of nitrogens with one attached hydrogen (secondary N) is 1. The second-order valence-corrected chi connectivity index (χ2v) is 12.6. The zero-order valence-electron chi connectivity index (χ0n) is 26.5. The lowest BCUT2D eigenvalue weighted by atomic mass is 9.96. The van der Waals surface area contributed by atoms with Crippen LogP contribution in [0.3, 0.4) is 0 Å². The second-order valence-electron chi connectivity index (χ2n) is 12.6. The number of carbonyl (C=O) groups excluding carboxylic acids is 2. The van der Waals surface area contributed by atoms with E-state index in [1.807, 2.05) is 28.9 Å². The van der Waals surface area contributed by atoms with Gasteiger partial charge in [0, 0.05) is 29.8 Å². The molecule has 0 radical (unpaired) electrons. The average molecular weight is 615 g/mol. The molecule has 0 saturated carbocycles. The van der Waals surface area contributed by atoms with Gasteiger partial charge < -0.3 is 9.47 Å². The van der Waals surface area contributed by atoms with Crippen molar-refractivity contribution in [2.75, 3.05) is 6.79 Å². The minimum atomic E-state index is -0.680. The molecule has 0 amide bonds. The number of fused-ring (bicyclic) bond motifs is 1. The van der Waals surface area contributed by atoms with Crippen molar-refractivity contribution in [1.29, 1.82) is 0 Å². The van der Waals surface area contributed by atoms with Gasteiger partial charge in [-0.15, -0.1) is 5.10 Å². The van der Waals surface area contributed by atoms with Crippen molar-refractivity contribution in [3.8, 4) is 22.5 Å². The van der Waals surface area contributed by atoms with E-state index in [2.05, 4.69) is 56.5 Å². The molecule has 0 bridgehead atoms. The molecular formula is C34H42N6O5. The van der Waals surface area contributed by atoms with E-state index in [4.69, 9.17) is 9.47 Å². The molecule has 1 atom stereocenters. The molecule has 2 aromatic heterocycles. The number of nitrogens with zero attached hydrogens (tertiary/aromatic N) is 5. The Morgan fingerprint density at radius 2 is 1.78 bits per heavy atom. The van der Waals surface area contributed by atoms with Crippen molar-refractivity contribution in [2.45, 2.75) is 91.6 Å². The van der Waals surface area contributed by atoms with E-state index < -0.39 is 24.1 Å². The number of carbonyl (C=O) groups is 2. The van der Waals surface area contributed by atoms with Crippen LogP contribution in [0.4, 0.5) is 0 Å². The molecule has 5 rings (SSSR count). The molecule has 0 aliphatic carbocycles. The summed E-state index contributed by atoms with van der Waals surface area (Å²) in [6.07, 6.45) is 6.01. The SMILES string of the molecule is CCCCCc1c(Cc2ccc(-c3ccccc3-c3nnn[nH]3)cc2)c(=O)n2n1C(CC(=O)OCOC(=O)C(C)(C)C)CCC2. The number of ether oxygens (including phenoxy) is 2. The van der Waals surface area contributed by atoms with Crippen LogP contribution in [0.5, 0.6) is 0 Å². The molecule has 1 N–H and O–H groups in total. The monoisotopic (exact) mass is 614 g/mol. The summed E-state index contributed by atoms with van der Waals surface area (Å²) in [6, 6.07) is 16.0. The molecule has 0 saturated heterocycles. The molecule has 1 unspecified atom stereocenters. The lowest BCUT2D eigenvalue weighted by molar-refractivity contribution is -0.173. The first-order chi connectivity index (χ1) is 21.7. The Hall–Kier alpha value is -4.54. The number of rotatable bonds is 12. The van der Waals surface area contributed by atoms with Gasteiger partial charge in [0.15, 0.2) is 5.82 Å². The molecule has 11 heteroatoms. The number of H-pyrrole nitrogens is 1. The van der Waals surface area contributed by atoms with Crippen LogP contribution in [0.1, 0.15) is 89.1 Å². The summed E-state index contributed by atoms with van der Waals surface area (Å²) >= 11 is 0. The lowest BCUT2D eigenvalue weighted by Gasteiger charge is -2.29. The van der Waals surface area contributed by atoms with Gasteiger partial charge in [-0.05, 0) is 73.6 Å². The van der Waals surface area contributed by atoms with Crippen molar-refractivity contribution >= 4 is 11.9 Å². The van der Waals surface area contributed by atoms with Gasteiger partial charge in [0.05, 0.1) is 17.9 Å².